The van der Waals surface area contributed by atoms with Crippen molar-refractivity contribution in [2.75, 3.05) is 14.2 Å². The third kappa shape index (κ3) is 3.17. The summed E-state index contributed by atoms with van der Waals surface area (Å²) in [5.74, 6) is 1.42. The van der Waals surface area contributed by atoms with Crippen LogP contribution in [0.2, 0.25) is 0 Å². The maximum absolute atomic E-state index is 12.6. The summed E-state index contributed by atoms with van der Waals surface area (Å²) < 4.78 is 6.02. The molecule has 0 radical (unpaired) electrons. The number of rotatable bonds is 3. The molecule has 1 amide bonds. The van der Waals surface area contributed by atoms with E-state index in [-0.39, 0.29) is 5.91 Å². The molecular weight excluding hydrogens is 318 g/mol. The molecule has 1 aromatic carbocycles. The van der Waals surface area contributed by atoms with Crippen molar-refractivity contribution in [3.05, 3.63) is 28.2 Å². The Morgan fingerprint density at radius 2 is 2.05 bits per heavy atom. The van der Waals surface area contributed by atoms with E-state index in [2.05, 4.69) is 22.9 Å². The summed E-state index contributed by atoms with van der Waals surface area (Å²) in [5, 5.41) is 0. The molecule has 1 saturated carbocycles. The van der Waals surface area contributed by atoms with Gasteiger partial charge in [-0.05, 0) is 52.9 Å². The normalized spacial score (nSPS) is 22.4. The number of ether oxygens (including phenoxy) is 1. The first-order valence-corrected chi connectivity index (χ1v) is 7.94. The summed E-state index contributed by atoms with van der Waals surface area (Å²) in [6.45, 7) is 2.25. The molecule has 4 heteroatoms. The molecule has 20 heavy (non-hydrogen) atoms. The van der Waals surface area contributed by atoms with E-state index in [4.69, 9.17) is 4.74 Å². The summed E-state index contributed by atoms with van der Waals surface area (Å²) in [5.41, 5.74) is 0.706. The van der Waals surface area contributed by atoms with Gasteiger partial charge in [0, 0.05) is 18.7 Å². The molecule has 0 bridgehead atoms. The first-order valence-electron chi connectivity index (χ1n) is 7.15. The lowest BCUT2D eigenvalue weighted by Gasteiger charge is -2.36. The van der Waals surface area contributed by atoms with Crippen LogP contribution in [0, 0.1) is 5.92 Å². The molecule has 1 aromatic rings. The lowest BCUT2D eigenvalue weighted by atomic mass is 9.85. The number of benzene rings is 1. The number of carbonyl (C=O) groups excluding carboxylic acids is 1. The van der Waals surface area contributed by atoms with Gasteiger partial charge in [0.2, 0.25) is 0 Å². The molecule has 0 heterocycles. The molecule has 0 aromatic heterocycles. The van der Waals surface area contributed by atoms with E-state index < -0.39 is 0 Å². The minimum Gasteiger partial charge on any atom is -0.496 e. The summed E-state index contributed by atoms with van der Waals surface area (Å²) in [6, 6.07) is 5.86. The van der Waals surface area contributed by atoms with Gasteiger partial charge in [0.25, 0.3) is 5.91 Å². The Bertz CT molecular complexity index is 489. The van der Waals surface area contributed by atoms with Gasteiger partial charge in [-0.15, -0.1) is 0 Å². The fraction of sp³-hybridized carbons (Fsp3) is 0.562. The predicted molar refractivity (Wildman–Crippen MR) is 84.2 cm³/mol. The minimum absolute atomic E-state index is 0.0899. The first-order chi connectivity index (χ1) is 9.54. The minimum atomic E-state index is 0.0899. The number of nitrogens with zero attached hydrogens (tertiary/aromatic N) is 1. The second kappa shape index (κ2) is 6.61. The van der Waals surface area contributed by atoms with E-state index >= 15 is 0 Å². The number of carbonyl (C=O) groups is 1. The van der Waals surface area contributed by atoms with Gasteiger partial charge >= 0.3 is 0 Å². The van der Waals surface area contributed by atoms with Crippen molar-refractivity contribution < 1.29 is 9.53 Å². The summed E-state index contributed by atoms with van der Waals surface area (Å²) >= 11 is 3.44. The zero-order valence-electron chi connectivity index (χ0n) is 12.4. The molecule has 0 saturated heterocycles. The van der Waals surface area contributed by atoms with Crippen molar-refractivity contribution in [3.63, 3.8) is 0 Å². The average Bonchev–Trinajstić information content (AvgIpc) is 2.46. The van der Waals surface area contributed by atoms with Gasteiger partial charge in [0.1, 0.15) is 5.75 Å². The van der Waals surface area contributed by atoms with Crippen LogP contribution in [0.1, 0.15) is 43.0 Å². The van der Waals surface area contributed by atoms with Crippen LogP contribution in [-0.2, 0) is 0 Å². The Kier molecular flexibility index (Phi) is 5.08. The fourth-order valence-corrected chi connectivity index (χ4v) is 3.57. The van der Waals surface area contributed by atoms with Crippen LogP contribution in [0.15, 0.2) is 22.7 Å². The van der Waals surface area contributed by atoms with E-state index in [1.807, 2.05) is 30.1 Å². The molecule has 1 fully saturated rings. The molecule has 1 aliphatic carbocycles. The molecule has 0 aliphatic heterocycles. The average molecular weight is 340 g/mol. The highest BCUT2D eigenvalue weighted by atomic mass is 79.9. The summed E-state index contributed by atoms with van der Waals surface area (Å²) in [4.78, 5) is 14.5. The molecule has 2 atom stereocenters. The Labute approximate surface area is 129 Å². The second-order valence-electron chi connectivity index (χ2n) is 5.59. The maximum Gasteiger partial charge on any atom is 0.253 e. The van der Waals surface area contributed by atoms with Gasteiger partial charge in [-0.2, -0.15) is 0 Å². The molecule has 110 valence electrons. The summed E-state index contributed by atoms with van der Waals surface area (Å²) in [6.07, 6.45) is 4.84. The van der Waals surface area contributed by atoms with E-state index in [9.17, 15) is 4.79 Å². The van der Waals surface area contributed by atoms with E-state index in [0.29, 0.717) is 17.5 Å². The van der Waals surface area contributed by atoms with Crippen LogP contribution < -0.4 is 4.74 Å². The van der Waals surface area contributed by atoms with E-state index in [0.717, 1.165) is 16.6 Å². The van der Waals surface area contributed by atoms with Crippen molar-refractivity contribution in [1.82, 2.24) is 4.90 Å². The molecule has 0 spiro atoms. The van der Waals surface area contributed by atoms with Crippen molar-refractivity contribution in [2.45, 2.75) is 38.6 Å². The largest absolute Gasteiger partial charge is 0.496 e. The predicted octanol–water partition coefficient (Wildman–Crippen LogP) is 4.11. The quantitative estimate of drug-likeness (QED) is 0.829. The van der Waals surface area contributed by atoms with Crippen LogP contribution in [-0.4, -0.2) is 31.0 Å². The summed E-state index contributed by atoms with van der Waals surface area (Å²) in [7, 11) is 3.55. The fourth-order valence-electron chi connectivity index (χ4n) is 3.03. The monoisotopic (exact) mass is 339 g/mol. The molecule has 0 N–H and O–H groups in total. The first kappa shape index (κ1) is 15.4. The number of hydrogen-bond acceptors (Lipinski definition) is 2. The van der Waals surface area contributed by atoms with Gasteiger partial charge in [0.15, 0.2) is 0 Å². The number of methoxy groups -OCH3 is 1. The highest BCUT2D eigenvalue weighted by molar-refractivity contribution is 9.10. The zero-order valence-corrected chi connectivity index (χ0v) is 13.9. The molecule has 3 nitrogen and oxygen atoms in total. The molecule has 1 aliphatic rings. The number of halogens is 1. The van der Waals surface area contributed by atoms with E-state index in [1.54, 1.807) is 7.11 Å². The Balaban J connectivity index is 2.15. The highest BCUT2D eigenvalue weighted by Crippen LogP contribution is 2.30. The Hall–Kier alpha value is -1.03. The third-order valence-corrected chi connectivity index (χ3v) is 4.90. The van der Waals surface area contributed by atoms with E-state index in [1.165, 1.54) is 19.3 Å². The van der Waals surface area contributed by atoms with Crippen molar-refractivity contribution >= 4 is 21.8 Å². The standard InChI is InChI=1S/C16H22BrNO2/c1-11-6-4-5-7-14(11)18(2)16(19)12-8-9-15(20-3)13(17)10-12/h8-11,14H,4-7H2,1-3H3. The van der Waals surface area contributed by atoms with Crippen LogP contribution in [0.25, 0.3) is 0 Å². The smallest absolute Gasteiger partial charge is 0.253 e. The molecule has 2 unspecified atom stereocenters. The number of hydrogen-bond donors (Lipinski definition) is 0. The van der Waals surface area contributed by atoms with Gasteiger partial charge in [-0.25, -0.2) is 0 Å². The Morgan fingerprint density at radius 1 is 1.35 bits per heavy atom. The van der Waals surface area contributed by atoms with Gasteiger partial charge in [-0.3, -0.25) is 4.79 Å². The SMILES string of the molecule is COc1ccc(C(=O)N(C)C2CCCCC2C)cc1Br. The van der Waals surface area contributed by atoms with Gasteiger partial charge in [0.05, 0.1) is 11.6 Å². The highest BCUT2D eigenvalue weighted by Gasteiger charge is 2.28. The van der Waals surface area contributed by atoms with Crippen molar-refractivity contribution in [3.8, 4) is 5.75 Å². The molecular formula is C16H22BrNO2. The maximum atomic E-state index is 12.6. The van der Waals surface area contributed by atoms with Gasteiger partial charge in [-0.1, -0.05) is 19.8 Å². The number of amides is 1. The molecule has 2 rings (SSSR count). The van der Waals surface area contributed by atoms with Crippen LogP contribution in [0.5, 0.6) is 5.75 Å². The topological polar surface area (TPSA) is 29.5 Å². The van der Waals surface area contributed by atoms with Crippen molar-refractivity contribution in [2.24, 2.45) is 5.92 Å². The second-order valence-corrected chi connectivity index (χ2v) is 6.45. The van der Waals surface area contributed by atoms with Crippen LogP contribution in [0.3, 0.4) is 0 Å². The van der Waals surface area contributed by atoms with Gasteiger partial charge < -0.3 is 9.64 Å². The Morgan fingerprint density at radius 3 is 2.65 bits per heavy atom. The lowest BCUT2D eigenvalue weighted by molar-refractivity contribution is 0.0629. The van der Waals surface area contributed by atoms with Crippen LogP contribution >= 0.6 is 15.9 Å². The van der Waals surface area contributed by atoms with Crippen LogP contribution in [0.4, 0.5) is 0 Å². The zero-order chi connectivity index (χ0) is 14.7. The van der Waals surface area contributed by atoms with Crippen molar-refractivity contribution in [1.29, 1.82) is 0 Å². The lowest BCUT2D eigenvalue weighted by Crippen LogP contribution is -2.42. The third-order valence-electron chi connectivity index (χ3n) is 4.28.